The largest absolute Gasteiger partial charge is 0.541 e. The minimum Gasteiger partial charge on any atom is -0.541 e. The summed E-state index contributed by atoms with van der Waals surface area (Å²) in [6, 6.07) is 0. The van der Waals surface area contributed by atoms with Gasteiger partial charge in [-0.05, 0) is 0 Å². The lowest BCUT2D eigenvalue weighted by Crippen LogP contribution is -1.99. The molecule has 6 heavy (non-hydrogen) atoms. The lowest BCUT2D eigenvalue weighted by Gasteiger charge is -2.03. The number of hydrogen-bond acceptors (Lipinski definition) is 2. The third-order valence-corrected chi connectivity index (χ3v) is 0.475. The van der Waals surface area contributed by atoms with Gasteiger partial charge in [-0.25, -0.2) is 0 Å². The maximum Gasteiger partial charge on any atom is 0.0216 e. The van der Waals surface area contributed by atoms with Gasteiger partial charge in [0.2, 0.25) is 0 Å². The van der Waals surface area contributed by atoms with Crippen molar-refractivity contribution < 1.29 is 9.90 Å². The van der Waals surface area contributed by atoms with E-state index in [1.165, 1.54) is 0 Å². The van der Waals surface area contributed by atoms with Crippen molar-refractivity contribution in [3.8, 4) is 0 Å². The zero-order valence-corrected chi connectivity index (χ0v) is 3.64. The fourth-order valence-electron chi connectivity index (χ4n) is 0.0373. The Labute approximate surface area is 36.8 Å². The summed E-state index contributed by atoms with van der Waals surface area (Å²) in [6.07, 6.45) is 1.61. The molecule has 0 rings (SSSR count). The van der Waals surface area contributed by atoms with E-state index < -0.39 is 0 Å². The molecule has 1 unspecified atom stereocenters. The minimum absolute atomic E-state index is 0.0938. The van der Waals surface area contributed by atoms with Gasteiger partial charge in [0.1, 0.15) is 0 Å². The summed E-state index contributed by atoms with van der Waals surface area (Å²) >= 11 is 0. The van der Waals surface area contributed by atoms with Crippen LogP contribution in [-0.4, -0.2) is 18.0 Å². The predicted octanol–water partition coefficient (Wildman–Crippen LogP) is -0.276. The molecule has 0 aliphatic rings. The van der Waals surface area contributed by atoms with Gasteiger partial charge in [-0.1, -0.05) is 6.92 Å². The lowest BCUT2D eigenvalue weighted by molar-refractivity contribution is 0.266. The Balaban J connectivity index is 2.96. The number of aliphatic hydroxyl groups is 1. The van der Waals surface area contributed by atoms with E-state index in [0.717, 1.165) is 0 Å². The van der Waals surface area contributed by atoms with E-state index in [4.69, 9.17) is 5.11 Å². The zero-order chi connectivity index (χ0) is 4.99. The summed E-state index contributed by atoms with van der Waals surface area (Å²) in [5, 5.41) is 8.07. The van der Waals surface area contributed by atoms with Crippen molar-refractivity contribution in [1.29, 1.82) is 0 Å². The molecule has 1 atom stereocenters. The van der Waals surface area contributed by atoms with Crippen LogP contribution >= 0.6 is 0 Å². The highest BCUT2D eigenvalue weighted by Gasteiger charge is 1.76. The molecule has 1 N–H and O–H groups in total. The van der Waals surface area contributed by atoms with Gasteiger partial charge >= 0.3 is 0 Å². The molecule has 36 valence electrons. The van der Waals surface area contributed by atoms with Crippen LogP contribution in [0.15, 0.2) is 0 Å². The van der Waals surface area contributed by atoms with E-state index in [9.17, 15) is 4.79 Å². The maximum absolute atomic E-state index is 9.45. The first kappa shape index (κ1) is 5.63. The Morgan fingerprint density at radius 2 is 2.50 bits per heavy atom. The summed E-state index contributed by atoms with van der Waals surface area (Å²) in [6.45, 7) is 1.51. The molecular weight excluding hydrogens is 80.0 g/mol. The summed E-state index contributed by atoms with van der Waals surface area (Å²) in [5.74, 6) is -0.315. The van der Waals surface area contributed by atoms with Gasteiger partial charge in [0.25, 0.3) is 0 Å². The van der Waals surface area contributed by atoms with Gasteiger partial charge in [0, 0.05) is 6.61 Å². The van der Waals surface area contributed by atoms with Crippen molar-refractivity contribution in [3.05, 3.63) is 0 Å². The molecule has 0 saturated heterocycles. The highest BCUT2D eigenvalue weighted by atomic mass is 16.3. The highest BCUT2D eigenvalue weighted by molar-refractivity contribution is 5.53. The number of aliphatic hydroxyl groups excluding tert-OH is 1. The van der Waals surface area contributed by atoms with E-state index in [-0.39, 0.29) is 12.5 Å². The number of rotatable bonds is 2. The van der Waals surface area contributed by atoms with Crippen molar-refractivity contribution >= 4 is 6.29 Å². The van der Waals surface area contributed by atoms with Crippen molar-refractivity contribution in [2.45, 2.75) is 6.92 Å². The first-order chi connectivity index (χ1) is 2.81. The van der Waals surface area contributed by atoms with E-state index in [0.29, 0.717) is 0 Å². The Morgan fingerprint density at radius 1 is 2.00 bits per heavy atom. The molecule has 0 saturated carbocycles. The Kier molecular flexibility index (Phi) is 2.67. The fourth-order valence-corrected chi connectivity index (χ4v) is 0.0373. The minimum atomic E-state index is -0.315. The first-order valence-electron chi connectivity index (χ1n) is 1.79. The van der Waals surface area contributed by atoms with E-state index in [2.05, 4.69) is 0 Å². The Morgan fingerprint density at radius 3 is 2.50 bits per heavy atom. The topological polar surface area (TPSA) is 37.3 Å². The smallest absolute Gasteiger partial charge is 0.0216 e. The average Bonchev–Trinajstić information content (AvgIpc) is 1.65. The van der Waals surface area contributed by atoms with Crippen LogP contribution in [0.4, 0.5) is 0 Å². The Bertz CT molecular complexity index is 42.8. The monoisotopic (exact) mass is 87.0 g/mol. The quantitative estimate of drug-likeness (QED) is 0.470. The van der Waals surface area contributed by atoms with Crippen LogP contribution in [0.25, 0.3) is 0 Å². The molecule has 0 fully saturated rings. The third-order valence-electron chi connectivity index (χ3n) is 0.475. The van der Waals surface area contributed by atoms with Crippen LogP contribution < -0.4 is 0 Å². The maximum atomic E-state index is 9.45. The van der Waals surface area contributed by atoms with Crippen LogP contribution in [0.2, 0.25) is 0 Å². The highest BCUT2D eigenvalue weighted by Crippen LogP contribution is 1.81. The van der Waals surface area contributed by atoms with Gasteiger partial charge in [-0.3, -0.25) is 6.29 Å². The van der Waals surface area contributed by atoms with E-state index in [1.807, 2.05) is 0 Å². The normalized spacial score (nSPS) is 13.7. The summed E-state index contributed by atoms with van der Waals surface area (Å²) in [5.41, 5.74) is 0. The molecule has 0 aromatic rings. The summed E-state index contributed by atoms with van der Waals surface area (Å²) in [7, 11) is 0. The molecule has 0 aromatic heterocycles. The molecule has 2 heteroatoms. The number of carbonyl (C=O) groups excluding carboxylic acids is 1. The zero-order valence-electron chi connectivity index (χ0n) is 3.64. The van der Waals surface area contributed by atoms with Gasteiger partial charge in [-0.15, -0.1) is 5.92 Å². The second-order valence-corrected chi connectivity index (χ2v) is 1.20. The van der Waals surface area contributed by atoms with E-state index in [1.54, 1.807) is 13.2 Å². The van der Waals surface area contributed by atoms with Gasteiger partial charge in [0.15, 0.2) is 0 Å². The molecule has 0 aliphatic heterocycles. The average molecular weight is 87.1 g/mol. The first-order valence-corrected chi connectivity index (χ1v) is 1.79. The molecule has 2 nitrogen and oxygen atoms in total. The van der Waals surface area contributed by atoms with E-state index >= 15 is 0 Å². The van der Waals surface area contributed by atoms with Crippen LogP contribution in [0.3, 0.4) is 0 Å². The fraction of sp³-hybridized carbons (Fsp3) is 0.750. The van der Waals surface area contributed by atoms with Crippen molar-refractivity contribution in [3.63, 3.8) is 0 Å². The second kappa shape index (κ2) is 2.85. The molecule has 0 spiro atoms. The Hall–Kier alpha value is -0.370. The van der Waals surface area contributed by atoms with Gasteiger partial charge < -0.3 is 9.90 Å². The second-order valence-electron chi connectivity index (χ2n) is 1.20. The van der Waals surface area contributed by atoms with Crippen molar-refractivity contribution in [2.24, 2.45) is 5.92 Å². The molecule has 0 amide bonds. The lowest BCUT2D eigenvalue weighted by atomic mass is 10.2. The molecule has 0 aromatic carbocycles. The van der Waals surface area contributed by atoms with Crippen LogP contribution in [0.5, 0.6) is 0 Å². The summed E-state index contributed by atoms with van der Waals surface area (Å²) in [4.78, 5) is 9.45. The molecule has 0 heterocycles. The van der Waals surface area contributed by atoms with Crippen LogP contribution in [-0.2, 0) is 4.79 Å². The van der Waals surface area contributed by atoms with Crippen molar-refractivity contribution in [1.82, 2.24) is 0 Å². The molecular formula is C4H7O2-. The number of hydrogen-bond donors (Lipinski definition) is 1. The van der Waals surface area contributed by atoms with Crippen LogP contribution in [0, 0.1) is 5.92 Å². The van der Waals surface area contributed by atoms with Gasteiger partial charge in [0.05, 0.1) is 0 Å². The standard InChI is InChI=1S/C4H7O2/c1-4(2-5)3-6/h4-5H,2H2,1H3/q-1. The SMILES string of the molecule is CC([C-]=O)CO. The van der Waals surface area contributed by atoms with Crippen molar-refractivity contribution in [2.75, 3.05) is 6.61 Å². The van der Waals surface area contributed by atoms with Gasteiger partial charge in [-0.2, -0.15) is 0 Å². The molecule has 0 radical (unpaired) electrons. The summed E-state index contributed by atoms with van der Waals surface area (Å²) < 4.78 is 0. The third kappa shape index (κ3) is 1.91. The van der Waals surface area contributed by atoms with Crippen LogP contribution in [0.1, 0.15) is 6.92 Å². The molecule has 0 aliphatic carbocycles. The predicted molar refractivity (Wildman–Crippen MR) is 21.9 cm³/mol. The molecule has 0 bridgehead atoms.